The van der Waals surface area contributed by atoms with Gasteiger partial charge in [-0.3, -0.25) is 14.7 Å². The van der Waals surface area contributed by atoms with Crippen LogP contribution in [-0.4, -0.2) is 67.8 Å². The molecule has 0 radical (unpaired) electrons. The van der Waals surface area contributed by atoms with Gasteiger partial charge in [-0.15, -0.1) is 0 Å². The van der Waals surface area contributed by atoms with Gasteiger partial charge in [0, 0.05) is 63.0 Å². The normalized spacial score (nSPS) is 17.9. The van der Waals surface area contributed by atoms with Gasteiger partial charge in [0.15, 0.2) is 0 Å². The van der Waals surface area contributed by atoms with E-state index < -0.39 is 17.6 Å². The Morgan fingerprint density at radius 1 is 1.12 bits per heavy atom. The molecule has 2 aliphatic rings. The number of rotatable bonds is 4. The maximum absolute atomic E-state index is 14.0. The summed E-state index contributed by atoms with van der Waals surface area (Å²) in [6, 6.07) is 8.99. The Labute approximate surface area is 238 Å². The van der Waals surface area contributed by atoms with Crippen LogP contribution in [0.2, 0.25) is 0 Å². The highest BCUT2D eigenvalue weighted by Gasteiger charge is 2.34. The average Bonchev–Trinajstić information content (AvgIpc) is 2.94. The van der Waals surface area contributed by atoms with Gasteiger partial charge >= 0.3 is 6.18 Å². The van der Waals surface area contributed by atoms with Crippen molar-refractivity contribution in [3.63, 3.8) is 0 Å². The highest BCUT2D eigenvalue weighted by Crippen LogP contribution is 2.34. The molecule has 0 bridgehead atoms. The number of nitrogens with one attached hydrogen (secondary N) is 2. The van der Waals surface area contributed by atoms with Crippen molar-refractivity contribution < 1.29 is 18.0 Å². The topological polar surface area (TPSA) is 98.3 Å². The largest absolute Gasteiger partial charge is 0.416 e. The number of alkyl halides is 3. The zero-order valence-corrected chi connectivity index (χ0v) is 23.4. The van der Waals surface area contributed by atoms with Crippen molar-refractivity contribution in [1.82, 2.24) is 15.1 Å². The Kier molecular flexibility index (Phi) is 9.47. The van der Waals surface area contributed by atoms with E-state index >= 15 is 0 Å². The Balaban J connectivity index is 1.49. The van der Waals surface area contributed by atoms with Crippen LogP contribution in [0.25, 0.3) is 0 Å². The molecule has 1 fully saturated rings. The number of halogens is 3. The van der Waals surface area contributed by atoms with Crippen LogP contribution in [0.15, 0.2) is 58.2 Å². The molecular formula is C30H34F3N7O. The van der Waals surface area contributed by atoms with Gasteiger partial charge in [0.1, 0.15) is 5.84 Å². The fraction of sp³-hybridized carbons (Fsp3) is 0.367. The Bertz CT molecular complexity index is 1440. The molecule has 8 nitrogen and oxygen atoms in total. The molecular weight excluding hydrogens is 531 g/mol. The summed E-state index contributed by atoms with van der Waals surface area (Å²) in [6.07, 6.45) is -1.18. The molecule has 0 saturated carbocycles. The molecule has 1 amide bonds. The number of nitrogens with zero attached hydrogens (tertiary/aromatic N) is 4. The number of likely N-dealkylation sites (N-methyl/N-ethyl adjacent to an activating group) is 1. The van der Waals surface area contributed by atoms with Crippen molar-refractivity contribution >= 4 is 23.4 Å². The van der Waals surface area contributed by atoms with E-state index in [9.17, 15) is 18.0 Å². The number of amidine groups is 1. The maximum Gasteiger partial charge on any atom is 0.416 e. The van der Waals surface area contributed by atoms with E-state index in [1.54, 1.807) is 25.2 Å². The van der Waals surface area contributed by atoms with Crippen molar-refractivity contribution in [3.8, 4) is 11.8 Å². The van der Waals surface area contributed by atoms with E-state index in [0.29, 0.717) is 36.6 Å². The third kappa shape index (κ3) is 8.19. The number of aliphatic imine (C=N–C) groups is 2. The molecule has 2 aromatic rings. The average molecular weight is 566 g/mol. The monoisotopic (exact) mass is 565 g/mol. The number of anilines is 1. The van der Waals surface area contributed by atoms with Gasteiger partial charge in [-0.05, 0) is 61.7 Å². The molecule has 2 aromatic carbocycles. The van der Waals surface area contributed by atoms with Crippen LogP contribution in [0.3, 0.4) is 0 Å². The highest BCUT2D eigenvalue weighted by molar-refractivity contribution is 6.04. The van der Waals surface area contributed by atoms with Crippen LogP contribution < -0.4 is 16.4 Å². The Hall–Kier alpha value is -4.14. The molecule has 0 unspecified atom stereocenters. The SMILES string of the molecule is CN=C(N)/N=C1/CCC=C(C#Cc2cc(C(=O)Nc3ccc(CN4CCN(C)CC4)c(C(F)(F)F)c3)ccc2C)N1. The summed E-state index contributed by atoms with van der Waals surface area (Å²) in [4.78, 5) is 25.2. The number of hydrogen-bond acceptors (Lipinski definition) is 4. The summed E-state index contributed by atoms with van der Waals surface area (Å²) in [7, 11) is 3.56. The highest BCUT2D eigenvalue weighted by atomic mass is 19.4. The van der Waals surface area contributed by atoms with Crippen LogP contribution in [0.4, 0.5) is 18.9 Å². The van der Waals surface area contributed by atoms with Crippen molar-refractivity contribution in [2.45, 2.75) is 32.5 Å². The molecule has 0 aromatic heterocycles. The lowest BCUT2D eigenvalue weighted by atomic mass is 10.0. The fourth-order valence-electron chi connectivity index (χ4n) is 4.52. The minimum absolute atomic E-state index is 0.0796. The molecule has 0 spiro atoms. The van der Waals surface area contributed by atoms with Crippen molar-refractivity contribution in [3.05, 3.63) is 76.0 Å². The number of nitrogens with two attached hydrogens (primary N) is 1. The van der Waals surface area contributed by atoms with Gasteiger partial charge in [0.25, 0.3) is 5.91 Å². The van der Waals surface area contributed by atoms with Gasteiger partial charge < -0.3 is 21.3 Å². The van der Waals surface area contributed by atoms with Crippen LogP contribution in [-0.2, 0) is 12.7 Å². The first-order valence-electron chi connectivity index (χ1n) is 13.3. The lowest BCUT2D eigenvalue weighted by molar-refractivity contribution is -0.138. The summed E-state index contributed by atoms with van der Waals surface area (Å²) < 4.78 is 41.9. The molecule has 216 valence electrons. The van der Waals surface area contributed by atoms with Gasteiger partial charge in [0.05, 0.1) is 11.3 Å². The van der Waals surface area contributed by atoms with Crippen molar-refractivity contribution in [2.24, 2.45) is 15.7 Å². The molecule has 0 atom stereocenters. The third-order valence-electron chi connectivity index (χ3n) is 6.98. The molecule has 1 saturated heterocycles. The zero-order valence-electron chi connectivity index (χ0n) is 23.4. The summed E-state index contributed by atoms with van der Waals surface area (Å²) in [5.41, 5.74) is 7.63. The van der Waals surface area contributed by atoms with E-state index in [2.05, 4.69) is 37.4 Å². The number of benzene rings is 2. The van der Waals surface area contributed by atoms with Crippen molar-refractivity contribution in [1.29, 1.82) is 0 Å². The standard InChI is InChI=1S/C30H34F3N7O/c1-20-7-8-22(17-21(20)9-11-24-5-4-6-27(36-24)38-29(34)35-2)28(41)37-25-12-10-23(26(18-25)30(31,32)33)19-40-15-13-39(3)14-16-40/h5,7-8,10,12,17-18H,4,6,13-16,19H2,1-3H3,(H,37,41)(H3,34,35,36,38). The van der Waals surface area contributed by atoms with Crippen LogP contribution in [0, 0.1) is 18.8 Å². The number of aryl methyl sites for hydroxylation is 1. The number of piperazine rings is 1. The van der Waals surface area contributed by atoms with Crippen LogP contribution in [0.5, 0.6) is 0 Å². The zero-order chi connectivity index (χ0) is 29.6. The molecule has 4 N–H and O–H groups in total. The number of guanidine groups is 1. The Morgan fingerprint density at radius 3 is 2.59 bits per heavy atom. The smallest absolute Gasteiger partial charge is 0.368 e. The minimum Gasteiger partial charge on any atom is -0.368 e. The number of hydrogen-bond donors (Lipinski definition) is 3. The molecule has 2 aliphatic heterocycles. The summed E-state index contributed by atoms with van der Waals surface area (Å²) in [5.74, 6) is 6.44. The van der Waals surface area contributed by atoms with Gasteiger partial charge in [-0.25, -0.2) is 4.99 Å². The number of amides is 1. The second kappa shape index (κ2) is 13.0. The van der Waals surface area contributed by atoms with E-state index in [0.717, 1.165) is 31.1 Å². The third-order valence-corrected chi connectivity index (χ3v) is 6.98. The van der Waals surface area contributed by atoms with E-state index in [1.807, 2.05) is 24.9 Å². The van der Waals surface area contributed by atoms with Gasteiger partial charge in [0.2, 0.25) is 5.96 Å². The predicted molar refractivity (Wildman–Crippen MR) is 156 cm³/mol. The number of carbonyl (C=O) groups is 1. The van der Waals surface area contributed by atoms with E-state index in [-0.39, 0.29) is 29.3 Å². The van der Waals surface area contributed by atoms with Crippen molar-refractivity contribution in [2.75, 3.05) is 45.6 Å². The summed E-state index contributed by atoms with van der Waals surface area (Å²) in [6.45, 7) is 5.10. The first kappa shape index (κ1) is 29.8. The second-order valence-corrected chi connectivity index (χ2v) is 10.1. The van der Waals surface area contributed by atoms with Gasteiger partial charge in [-0.1, -0.05) is 24.1 Å². The Morgan fingerprint density at radius 2 is 1.88 bits per heavy atom. The first-order valence-corrected chi connectivity index (χ1v) is 13.3. The molecule has 11 heteroatoms. The quantitative estimate of drug-likeness (QED) is 0.296. The van der Waals surface area contributed by atoms with Gasteiger partial charge in [-0.2, -0.15) is 13.2 Å². The van der Waals surface area contributed by atoms with Crippen LogP contribution >= 0.6 is 0 Å². The predicted octanol–water partition coefficient (Wildman–Crippen LogP) is 3.98. The van der Waals surface area contributed by atoms with Crippen LogP contribution in [0.1, 0.15) is 45.5 Å². The van der Waals surface area contributed by atoms with E-state index in [1.165, 1.54) is 12.1 Å². The summed E-state index contributed by atoms with van der Waals surface area (Å²) >= 11 is 0. The molecule has 0 aliphatic carbocycles. The second-order valence-electron chi connectivity index (χ2n) is 10.1. The molecule has 4 rings (SSSR count). The molecule has 41 heavy (non-hydrogen) atoms. The molecule has 2 heterocycles. The first-order chi connectivity index (χ1) is 19.5. The van der Waals surface area contributed by atoms with E-state index in [4.69, 9.17) is 5.73 Å². The number of carbonyl (C=O) groups excluding carboxylic acids is 1. The summed E-state index contributed by atoms with van der Waals surface area (Å²) in [5, 5.41) is 5.75. The lowest BCUT2D eigenvalue weighted by Gasteiger charge is -2.33. The fourth-order valence-corrected chi connectivity index (χ4v) is 4.52. The number of allylic oxidation sites excluding steroid dienone is 2. The maximum atomic E-state index is 14.0. The minimum atomic E-state index is -4.54. The lowest BCUT2D eigenvalue weighted by Crippen LogP contribution is -2.44.